The number of benzene rings is 1. The van der Waals surface area contributed by atoms with E-state index in [2.05, 4.69) is 5.32 Å². The van der Waals surface area contributed by atoms with Gasteiger partial charge in [-0.05, 0) is 35.7 Å². The zero-order valence-electron chi connectivity index (χ0n) is 10.8. The van der Waals surface area contributed by atoms with E-state index in [9.17, 15) is 9.59 Å². The molecule has 2 rings (SSSR count). The molecule has 7 heteroatoms. The van der Waals surface area contributed by atoms with Crippen molar-refractivity contribution in [1.29, 1.82) is 0 Å². The van der Waals surface area contributed by atoms with Gasteiger partial charge in [0, 0.05) is 9.90 Å². The third-order valence-electron chi connectivity index (χ3n) is 2.56. The van der Waals surface area contributed by atoms with Crippen LogP contribution in [-0.2, 0) is 9.59 Å². The summed E-state index contributed by atoms with van der Waals surface area (Å²) in [5.74, 6) is -1.14. The van der Waals surface area contributed by atoms with E-state index in [-0.39, 0.29) is 6.61 Å². The predicted octanol–water partition coefficient (Wildman–Crippen LogP) is 2.72. The molecule has 0 aliphatic heterocycles. The van der Waals surface area contributed by atoms with Crippen LogP contribution in [-0.4, -0.2) is 23.6 Å². The van der Waals surface area contributed by atoms with Crippen molar-refractivity contribution in [2.75, 3.05) is 6.61 Å². The van der Waals surface area contributed by atoms with E-state index in [4.69, 9.17) is 21.4 Å². The van der Waals surface area contributed by atoms with Crippen molar-refractivity contribution in [3.63, 3.8) is 0 Å². The molecule has 1 heterocycles. The fourth-order valence-electron chi connectivity index (χ4n) is 1.59. The number of amides is 1. The molecule has 110 valence electrons. The first-order chi connectivity index (χ1) is 10.1. The number of carbonyl (C=O) groups is 2. The Bertz CT molecular complexity index is 612. The number of carbonyl (C=O) groups excluding carboxylic acids is 1. The van der Waals surface area contributed by atoms with Gasteiger partial charge in [0.15, 0.2) is 12.6 Å². The van der Waals surface area contributed by atoms with Gasteiger partial charge in [-0.2, -0.15) is 0 Å². The van der Waals surface area contributed by atoms with Crippen LogP contribution in [0.5, 0.6) is 5.75 Å². The fourth-order valence-corrected chi connectivity index (χ4v) is 2.49. The van der Waals surface area contributed by atoms with Crippen molar-refractivity contribution in [2.45, 2.75) is 6.04 Å². The highest BCUT2D eigenvalue weighted by molar-refractivity contribution is 7.10. The van der Waals surface area contributed by atoms with Crippen LogP contribution in [0.1, 0.15) is 10.9 Å². The lowest BCUT2D eigenvalue weighted by molar-refractivity contribution is -0.142. The molecule has 1 unspecified atom stereocenters. The summed E-state index contributed by atoms with van der Waals surface area (Å²) in [6, 6.07) is 8.86. The Kier molecular flexibility index (Phi) is 5.19. The summed E-state index contributed by atoms with van der Waals surface area (Å²) in [5, 5.41) is 13.9. The third kappa shape index (κ3) is 4.47. The minimum Gasteiger partial charge on any atom is -0.484 e. The van der Waals surface area contributed by atoms with Gasteiger partial charge in [-0.15, -0.1) is 11.3 Å². The molecule has 1 atom stereocenters. The molecular weight excluding hydrogens is 314 g/mol. The van der Waals surface area contributed by atoms with Gasteiger partial charge >= 0.3 is 5.97 Å². The highest BCUT2D eigenvalue weighted by Crippen LogP contribution is 2.19. The van der Waals surface area contributed by atoms with E-state index in [1.807, 2.05) is 0 Å². The van der Waals surface area contributed by atoms with Gasteiger partial charge in [-0.25, -0.2) is 4.79 Å². The highest BCUT2D eigenvalue weighted by atomic mass is 35.5. The van der Waals surface area contributed by atoms with E-state index in [0.717, 1.165) is 0 Å². The number of ether oxygens (including phenoxy) is 1. The van der Waals surface area contributed by atoms with Gasteiger partial charge in [0.05, 0.1) is 0 Å². The van der Waals surface area contributed by atoms with E-state index in [1.54, 1.807) is 41.8 Å². The maximum Gasteiger partial charge on any atom is 0.331 e. The zero-order valence-corrected chi connectivity index (χ0v) is 12.4. The summed E-state index contributed by atoms with van der Waals surface area (Å²) in [4.78, 5) is 23.5. The molecule has 2 N–H and O–H groups in total. The van der Waals surface area contributed by atoms with Gasteiger partial charge < -0.3 is 15.2 Å². The zero-order chi connectivity index (χ0) is 15.2. The van der Waals surface area contributed by atoms with E-state index in [0.29, 0.717) is 15.6 Å². The first-order valence-electron chi connectivity index (χ1n) is 6.00. The first-order valence-corrected chi connectivity index (χ1v) is 7.26. The van der Waals surface area contributed by atoms with Crippen LogP contribution in [0, 0.1) is 0 Å². The summed E-state index contributed by atoms with van der Waals surface area (Å²) in [7, 11) is 0. The van der Waals surface area contributed by atoms with Gasteiger partial charge in [-0.3, -0.25) is 4.79 Å². The van der Waals surface area contributed by atoms with Crippen LogP contribution in [0.3, 0.4) is 0 Å². The maximum atomic E-state index is 11.8. The monoisotopic (exact) mass is 325 g/mol. The number of aliphatic carboxylic acids is 1. The number of thiophene rings is 1. The van der Waals surface area contributed by atoms with Crippen molar-refractivity contribution in [3.8, 4) is 5.75 Å². The topological polar surface area (TPSA) is 75.6 Å². The Balaban J connectivity index is 1.91. The van der Waals surface area contributed by atoms with Crippen LogP contribution in [0.2, 0.25) is 5.02 Å². The van der Waals surface area contributed by atoms with Crippen LogP contribution in [0.15, 0.2) is 41.8 Å². The Labute approximate surface area is 130 Å². The lowest BCUT2D eigenvalue weighted by atomic mass is 10.2. The second-order valence-corrected chi connectivity index (χ2v) is 5.51. The average Bonchev–Trinajstić information content (AvgIpc) is 2.97. The SMILES string of the molecule is O=C(COc1ccc(Cl)cc1)NC(C(=O)O)c1cccs1. The quantitative estimate of drug-likeness (QED) is 0.856. The number of halogens is 1. The molecule has 0 radical (unpaired) electrons. The number of carboxylic acids is 1. The summed E-state index contributed by atoms with van der Waals surface area (Å²) in [5.41, 5.74) is 0. The second-order valence-electron chi connectivity index (χ2n) is 4.10. The summed E-state index contributed by atoms with van der Waals surface area (Å²) >= 11 is 7.00. The standard InChI is InChI=1S/C14H12ClNO4S/c15-9-3-5-10(6-4-9)20-8-12(17)16-13(14(18)19)11-2-1-7-21-11/h1-7,13H,8H2,(H,16,17)(H,18,19). The lowest BCUT2D eigenvalue weighted by Crippen LogP contribution is -2.36. The van der Waals surface area contributed by atoms with Crippen molar-refractivity contribution in [2.24, 2.45) is 0 Å². The predicted molar refractivity (Wildman–Crippen MR) is 79.8 cm³/mol. The number of hydrogen-bond donors (Lipinski definition) is 2. The van der Waals surface area contributed by atoms with Crippen LogP contribution in [0.4, 0.5) is 0 Å². The normalized spacial score (nSPS) is 11.7. The Morgan fingerprint density at radius 3 is 2.57 bits per heavy atom. The van der Waals surface area contributed by atoms with Gasteiger partial charge in [0.1, 0.15) is 5.75 Å². The van der Waals surface area contributed by atoms with Gasteiger partial charge in [-0.1, -0.05) is 17.7 Å². The summed E-state index contributed by atoms with van der Waals surface area (Å²) in [6.45, 7) is -0.267. The molecule has 0 spiro atoms. The summed E-state index contributed by atoms with van der Waals surface area (Å²) in [6.07, 6.45) is 0. The van der Waals surface area contributed by atoms with Crippen molar-refractivity contribution in [1.82, 2.24) is 5.32 Å². The minimum absolute atomic E-state index is 0.267. The number of rotatable bonds is 6. The van der Waals surface area contributed by atoms with Crippen LogP contribution in [0.25, 0.3) is 0 Å². The highest BCUT2D eigenvalue weighted by Gasteiger charge is 2.23. The van der Waals surface area contributed by atoms with E-state index in [1.165, 1.54) is 11.3 Å². The molecule has 21 heavy (non-hydrogen) atoms. The number of nitrogens with one attached hydrogen (secondary N) is 1. The molecule has 1 amide bonds. The molecule has 1 aromatic carbocycles. The van der Waals surface area contributed by atoms with E-state index < -0.39 is 17.9 Å². The van der Waals surface area contributed by atoms with E-state index >= 15 is 0 Å². The molecular formula is C14H12ClNO4S. The molecule has 0 bridgehead atoms. The molecule has 0 fully saturated rings. The minimum atomic E-state index is -1.11. The van der Waals surface area contributed by atoms with Crippen molar-refractivity contribution in [3.05, 3.63) is 51.7 Å². The fraction of sp³-hybridized carbons (Fsp3) is 0.143. The second kappa shape index (κ2) is 7.10. The molecule has 2 aromatic rings. The molecule has 0 saturated heterocycles. The molecule has 0 aliphatic carbocycles. The largest absolute Gasteiger partial charge is 0.484 e. The molecule has 0 aliphatic rings. The van der Waals surface area contributed by atoms with Crippen molar-refractivity contribution >= 4 is 34.8 Å². The number of carboxylic acid groups (broad SMARTS) is 1. The van der Waals surface area contributed by atoms with Crippen molar-refractivity contribution < 1.29 is 19.4 Å². The maximum absolute atomic E-state index is 11.8. The Morgan fingerprint density at radius 1 is 1.29 bits per heavy atom. The van der Waals surface area contributed by atoms with Crippen LogP contribution < -0.4 is 10.1 Å². The van der Waals surface area contributed by atoms with Gasteiger partial charge in [0.2, 0.25) is 0 Å². The molecule has 0 saturated carbocycles. The smallest absolute Gasteiger partial charge is 0.331 e. The third-order valence-corrected chi connectivity index (χ3v) is 3.75. The average molecular weight is 326 g/mol. The summed E-state index contributed by atoms with van der Waals surface area (Å²) < 4.78 is 5.26. The van der Waals surface area contributed by atoms with Crippen LogP contribution >= 0.6 is 22.9 Å². The number of hydrogen-bond acceptors (Lipinski definition) is 4. The molecule has 1 aromatic heterocycles. The lowest BCUT2D eigenvalue weighted by Gasteiger charge is -2.13. The van der Waals surface area contributed by atoms with Gasteiger partial charge in [0.25, 0.3) is 5.91 Å². The first kappa shape index (κ1) is 15.3. The Hall–Kier alpha value is -2.05. The Morgan fingerprint density at radius 2 is 2.00 bits per heavy atom. The molecule has 5 nitrogen and oxygen atoms in total.